The van der Waals surface area contributed by atoms with Crippen LogP contribution in [0.2, 0.25) is 0 Å². The number of nitrogens with one attached hydrogen (secondary N) is 3. The molecular weight excluding hydrogens is 1520 g/mol. The summed E-state index contributed by atoms with van der Waals surface area (Å²) in [6.45, 7) is 8.89. The molecule has 0 aliphatic carbocycles. The van der Waals surface area contributed by atoms with Gasteiger partial charge in [0.05, 0.1) is 66.9 Å². The number of aromatic nitrogens is 9. The van der Waals surface area contributed by atoms with Crippen LogP contribution in [-0.2, 0) is 77.8 Å². The number of amides is 2. The molecule has 22 nitrogen and oxygen atoms in total. The molecule has 0 aliphatic rings. The number of aryl methyl sites for hydroxylation is 3. The molecule has 106 heavy (non-hydrogen) atoms. The largest absolute Gasteiger partial charge is 0.478 e. The maximum atomic E-state index is 13.6. The van der Waals surface area contributed by atoms with Crippen LogP contribution in [0.25, 0.3) is 33.1 Å². The van der Waals surface area contributed by atoms with Gasteiger partial charge >= 0.3 is 43.0 Å². The van der Waals surface area contributed by atoms with Gasteiger partial charge in [0.25, 0.3) is 28.5 Å². The van der Waals surface area contributed by atoms with Gasteiger partial charge in [-0.25, -0.2) is 19.7 Å². The highest BCUT2D eigenvalue weighted by molar-refractivity contribution is 7.99. The first-order valence-electron chi connectivity index (χ1n) is 30.8. The van der Waals surface area contributed by atoms with Crippen molar-refractivity contribution in [1.82, 2.24) is 42.4 Å². The number of thioether (sulfide) groups is 3. The quantitative estimate of drug-likeness (QED) is 0.0387. The van der Waals surface area contributed by atoms with Gasteiger partial charge in [-0.05, 0) is 92.6 Å². The number of alkyl halides is 18. The molecule has 0 saturated heterocycles. The van der Waals surface area contributed by atoms with Gasteiger partial charge in [0.15, 0.2) is 0 Å². The second-order valence-corrected chi connectivity index (χ2v) is 26.0. The van der Waals surface area contributed by atoms with E-state index >= 15 is 0 Å². The summed E-state index contributed by atoms with van der Waals surface area (Å²) in [7, 11) is 7.56. The van der Waals surface area contributed by atoms with E-state index in [0.717, 1.165) is 49.5 Å². The van der Waals surface area contributed by atoms with Crippen LogP contribution in [-0.4, -0.2) is 104 Å². The van der Waals surface area contributed by atoms with Gasteiger partial charge in [-0.3, -0.25) is 24.0 Å². The number of halogens is 18. The highest BCUT2D eigenvalue weighted by Gasteiger charge is 2.42. The number of hydrogen-bond donors (Lipinski definition) is 6. The number of imidazole rings is 3. The number of rotatable bonds is 16. The average molecular weight is 1580 g/mol. The van der Waals surface area contributed by atoms with Crippen molar-refractivity contribution in [2.24, 2.45) is 21.1 Å². The third kappa shape index (κ3) is 18.1. The molecule has 3 aromatic carbocycles. The molecule has 6 aromatic heterocycles. The molecule has 0 radical (unpaired) electrons. The Kier molecular flexibility index (Phi) is 26.2. The summed E-state index contributed by atoms with van der Waals surface area (Å²) in [5.41, 5.74) is 2.91. The number of carbonyl (C=O) groups excluding carboxylic acids is 2. The van der Waals surface area contributed by atoms with Crippen LogP contribution in [0.5, 0.6) is 0 Å². The zero-order valence-corrected chi connectivity index (χ0v) is 59.9. The number of nitrogens with zero attached hydrogens (tertiary/aromatic N) is 10. The highest BCUT2D eigenvalue weighted by Crippen LogP contribution is 2.41. The number of anilines is 6. The lowest BCUT2D eigenvalue weighted by Gasteiger charge is -2.23. The summed E-state index contributed by atoms with van der Waals surface area (Å²) in [5.74, 6) is -4.73. The molecule has 578 valence electrons. The predicted octanol–water partition coefficient (Wildman–Crippen LogP) is 14.9. The molecule has 9 aromatic rings. The molecule has 0 fully saturated rings. The molecule has 0 spiro atoms. The molecule has 9 rings (SSSR count). The van der Waals surface area contributed by atoms with Crippen molar-refractivity contribution in [3.63, 3.8) is 0 Å². The fraction of sp³-hybridized carbons (Fsp3) is 0.381. The Labute approximate surface area is 600 Å². The summed E-state index contributed by atoms with van der Waals surface area (Å²) < 4.78 is 241. The lowest BCUT2D eigenvalue weighted by Crippen LogP contribution is -2.37. The first-order chi connectivity index (χ1) is 48.9. The van der Waals surface area contributed by atoms with Crippen molar-refractivity contribution >= 4 is 120 Å². The molecule has 43 heteroatoms. The third-order valence-corrected chi connectivity index (χ3v) is 18.3. The number of pyridine rings is 3. The molecule has 0 atom stereocenters. The summed E-state index contributed by atoms with van der Waals surface area (Å²) in [6.07, 6.45) is -28.3. The molecular formula is C63H65F18N15O7S3. The van der Waals surface area contributed by atoms with E-state index in [9.17, 15) is 108 Å². The van der Waals surface area contributed by atoms with Crippen molar-refractivity contribution in [3.05, 3.63) is 137 Å². The molecule has 0 saturated carbocycles. The lowest BCUT2D eigenvalue weighted by atomic mass is 10.1. The third-order valence-electron chi connectivity index (χ3n) is 15.5. The minimum atomic E-state index is -4.87. The molecule has 0 unspecified atom stereocenters. The van der Waals surface area contributed by atoms with Gasteiger partial charge in [-0.15, -0.1) is 35.3 Å². The maximum absolute atomic E-state index is 13.6. The smallest absolute Gasteiger partial charge is 0.449 e. The number of nitrogens with two attached hydrogens (primary N) is 2. The topological polar surface area (TPSA) is 282 Å². The molecule has 0 aliphatic heterocycles. The Bertz CT molecular complexity index is 5010. The Morgan fingerprint density at radius 3 is 1.12 bits per heavy atom. The van der Waals surface area contributed by atoms with Gasteiger partial charge in [-0.2, -0.15) is 79.0 Å². The molecule has 0 bridgehead atoms. The Morgan fingerprint density at radius 1 is 0.462 bits per heavy atom. The number of hydrogen-bond acceptors (Lipinski definition) is 16. The molecule has 8 N–H and O–H groups in total. The maximum Gasteiger partial charge on any atom is 0.449 e. The van der Waals surface area contributed by atoms with E-state index in [-0.39, 0.29) is 86.5 Å². The number of benzene rings is 3. The first kappa shape index (κ1) is 85.2. The fourth-order valence-corrected chi connectivity index (χ4v) is 13.2. The van der Waals surface area contributed by atoms with E-state index in [1.807, 2.05) is 6.92 Å². The molecule has 6 heterocycles. The number of carboxylic acid groups (broad SMARTS) is 1. The van der Waals surface area contributed by atoms with Gasteiger partial charge in [-0.1, -0.05) is 20.8 Å². The Balaban J connectivity index is 0.000000232. The second kappa shape index (κ2) is 32.6. The van der Waals surface area contributed by atoms with E-state index in [0.29, 0.717) is 57.8 Å². The van der Waals surface area contributed by atoms with E-state index in [4.69, 9.17) is 16.6 Å². The minimum absolute atomic E-state index is 0.0187. The Hall–Kier alpha value is -9.68. The van der Waals surface area contributed by atoms with Crippen LogP contribution in [0.15, 0.2) is 83.7 Å². The number of fused-ring (bicyclic) bond motifs is 3. The second-order valence-electron chi connectivity index (χ2n) is 22.1. The summed E-state index contributed by atoms with van der Waals surface area (Å²) in [4.78, 5) is 87.4. The standard InChI is InChI=1S/2C21H21F6N5O2S.C12H11F3N2O2S.C9H12F3N3O/c1-5-32-15(20(22,23)24)8-11(28)16(18(32)34)31(4)17(33)10-7-12-13(9-14(10)35-6-2)30(3)19(29-12)21(25,26)27;1-5-32-15(20(22,23)24)8-12(16(28-3)18(32)34)29-17(33)10-7-11-13(9-14(10)35-6-2)31(4)19(30-11)21(25,26)27;1-3-20-9-5-8-7(4-6(9)10(18)19)16-11(17(8)2)12(13,14)15;1-3-15-6(9(10,11)12)4-5(13)7(14-2)8(15)16/h7-9H,5-6,28H2,1-4H3;7-9,28H,5-6H2,1-4H3,(H,29,33);4-5H,3H2,1-2H3,(H,18,19);4,14H,3,13H2,1-2H3. The van der Waals surface area contributed by atoms with Crippen molar-refractivity contribution in [1.29, 1.82) is 0 Å². The first-order valence-corrected chi connectivity index (χ1v) is 33.8. The zero-order chi connectivity index (χ0) is 80.3. The average Bonchev–Trinajstić information content (AvgIpc) is 1.93. The van der Waals surface area contributed by atoms with Crippen molar-refractivity contribution in [3.8, 4) is 0 Å². The number of carboxylic acids is 1. The number of aromatic carboxylic acids is 1. The zero-order valence-electron chi connectivity index (χ0n) is 57.5. The minimum Gasteiger partial charge on any atom is -0.478 e. The normalized spacial score (nSPS) is 12.2. The lowest BCUT2D eigenvalue weighted by molar-refractivity contribution is -0.147. The van der Waals surface area contributed by atoms with E-state index in [1.165, 1.54) is 110 Å². The van der Waals surface area contributed by atoms with E-state index in [1.54, 1.807) is 13.8 Å². The van der Waals surface area contributed by atoms with Crippen LogP contribution in [0.1, 0.15) is 107 Å². The van der Waals surface area contributed by atoms with Crippen LogP contribution in [0, 0.1) is 0 Å². The predicted molar refractivity (Wildman–Crippen MR) is 366 cm³/mol. The van der Waals surface area contributed by atoms with Crippen LogP contribution in [0.4, 0.5) is 113 Å². The number of carbonyl (C=O) groups is 3. The van der Waals surface area contributed by atoms with Gasteiger partial charge in [0, 0.05) is 76.6 Å². The van der Waals surface area contributed by atoms with Gasteiger partial charge in [0.1, 0.15) is 34.1 Å². The van der Waals surface area contributed by atoms with Crippen molar-refractivity contribution in [2.45, 2.75) is 113 Å². The monoisotopic (exact) mass is 1580 g/mol. The molecule has 2 amide bonds. The van der Waals surface area contributed by atoms with Gasteiger partial charge < -0.3 is 64.8 Å². The summed E-state index contributed by atoms with van der Waals surface area (Å²) in [5, 5.41) is 16.4. The van der Waals surface area contributed by atoms with Crippen molar-refractivity contribution < 1.29 is 98.5 Å². The van der Waals surface area contributed by atoms with Crippen LogP contribution in [0.3, 0.4) is 0 Å². The SMILES string of the molecule is CCSc1cc2c(cc1C(=O)N(C)c1c(N)cc(C(F)(F)F)n(CC)c1=O)nc(C(F)(F)F)n2C.CCSc1cc2c(cc1C(=O)Nc1cc(C(F)(F)F)n(CC)c(=O)c1NC)nc(C(F)(F)F)n2C.CCSc1cc2c(cc1C(=O)O)nc(C(F)(F)F)n2C.CCn1c(C(F)(F)F)cc(N)c(NC)c1=O. The Morgan fingerprint density at radius 2 is 0.783 bits per heavy atom. The van der Waals surface area contributed by atoms with Crippen molar-refractivity contribution in [2.75, 3.05) is 70.7 Å². The van der Waals surface area contributed by atoms with E-state index < -0.39 is 123 Å². The summed E-state index contributed by atoms with van der Waals surface area (Å²) in [6, 6.07) is 9.67. The highest BCUT2D eigenvalue weighted by atomic mass is 32.2. The van der Waals surface area contributed by atoms with Crippen LogP contribution < -0.4 is 49.0 Å². The van der Waals surface area contributed by atoms with E-state index in [2.05, 4.69) is 30.9 Å². The fourth-order valence-electron chi connectivity index (χ4n) is 10.8. The van der Waals surface area contributed by atoms with Crippen LogP contribution >= 0.6 is 35.3 Å². The summed E-state index contributed by atoms with van der Waals surface area (Å²) >= 11 is 3.60. The van der Waals surface area contributed by atoms with Gasteiger partial charge in [0.2, 0.25) is 17.5 Å². The number of nitrogen functional groups attached to an aromatic ring is 2.